The lowest BCUT2D eigenvalue weighted by atomic mass is 9.92. The molecule has 0 aliphatic heterocycles. The van der Waals surface area contributed by atoms with Crippen molar-refractivity contribution >= 4 is 11.6 Å². The standard InChI is InChI=1S/C18H16ClN3O/c19-14-5-1-3-12(9-14)13-4-2-6-17-15(10-13)22-18(23-17)16-11-20-7-8-21-16/h1,3,5,7-9,11,13H,2,4,6,10H2. The molecule has 0 amide bonds. The van der Waals surface area contributed by atoms with Crippen molar-refractivity contribution in [2.45, 2.75) is 31.6 Å². The number of halogens is 1. The van der Waals surface area contributed by atoms with Crippen LogP contribution < -0.4 is 0 Å². The fraction of sp³-hybridized carbons (Fsp3) is 0.278. The van der Waals surface area contributed by atoms with Crippen molar-refractivity contribution < 1.29 is 4.42 Å². The van der Waals surface area contributed by atoms with Crippen molar-refractivity contribution in [1.82, 2.24) is 15.0 Å². The molecule has 0 fully saturated rings. The minimum atomic E-state index is 0.426. The maximum atomic E-state index is 6.14. The molecule has 2 heterocycles. The molecule has 3 aromatic rings. The summed E-state index contributed by atoms with van der Waals surface area (Å²) in [6.07, 6.45) is 8.97. The largest absolute Gasteiger partial charge is 0.440 e. The van der Waals surface area contributed by atoms with E-state index in [1.807, 2.05) is 12.1 Å². The molecule has 0 spiro atoms. The van der Waals surface area contributed by atoms with Gasteiger partial charge in [-0.2, -0.15) is 0 Å². The molecule has 0 saturated heterocycles. The fourth-order valence-corrected chi connectivity index (χ4v) is 3.35. The van der Waals surface area contributed by atoms with Gasteiger partial charge in [-0.25, -0.2) is 9.97 Å². The molecule has 1 aliphatic rings. The Morgan fingerprint density at radius 3 is 3.00 bits per heavy atom. The van der Waals surface area contributed by atoms with Crippen LogP contribution in [0.3, 0.4) is 0 Å². The molecular formula is C18H16ClN3O. The molecule has 4 rings (SSSR count). The highest BCUT2D eigenvalue weighted by Gasteiger charge is 2.24. The van der Waals surface area contributed by atoms with E-state index in [1.165, 1.54) is 5.56 Å². The number of oxazole rings is 1. The Hall–Kier alpha value is -2.20. The van der Waals surface area contributed by atoms with Crippen molar-refractivity contribution in [1.29, 1.82) is 0 Å². The lowest BCUT2D eigenvalue weighted by Gasteiger charge is -2.14. The van der Waals surface area contributed by atoms with Gasteiger partial charge in [0.05, 0.1) is 11.9 Å². The number of benzene rings is 1. The molecule has 1 unspecified atom stereocenters. The van der Waals surface area contributed by atoms with Crippen LogP contribution in [0.15, 0.2) is 47.3 Å². The Labute approximate surface area is 139 Å². The van der Waals surface area contributed by atoms with Gasteiger partial charge in [0.1, 0.15) is 11.5 Å². The van der Waals surface area contributed by atoms with Gasteiger partial charge in [-0.05, 0) is 36.5 Å². The normalized spacial score (nSPS) is 17.5. The zero-order valence-electron chi connectivity index (χ0n) is 12.6. The summed E-state index contributed by atoms with van der Waals surface area (Å²) in [6.45, 7) is 0. The molecule has 23 heavy (non-hydrogen) atoms. The second-order valence-electron chi connectivity index (χ2n) is 5.83. The third-order valence-corrected chi connectivity index (χ3v) is 4.51. The Bertz CT molecular complexity index is 816. The first-order chi connectivity index (χ1) is 11.3. The van der Waals surface area contributed by atoms with Gasteiger partial charge in [-0.1, -0.05) is 23.7 Å². The van der Waals surface area contributed by atoms with E-state index in [1.54, 1.807) is 18.6 Å². The Morgan fingerprint density at radius 2 is 2.17 bits per heavy atom. The molecule has 0 N–H and O–H groups in total. The van der Waals surface area contributed by atoms with E-state index in [9.17, 15) is 0 Å². The van der Waals surface area contributed by atoms with E-state index in [0.29, 0.717) is 17.5 Å². The lowest BCUT2D eigenvalue weighted by Crippen LogP contribution is -2.02. The minimum Gasteiger partial charge on any atom is -0.440 e. The Balaban J connectivity index is 1.65. The number of rotatable bonds is 2. The monoisotopic (exact) mass is 325 g/mol. The Morgan fingerprint density at radius 1 is 1.22 bits per heavy atom. The van der Waals surface area contributed by atoms with E-state index in [0.717, 1.165) is 42.2 Å². The van der Waals surface area contributed by atoms with Gasteiger partial charge in [0, 0.05) is 30.3 Å². The van der Waals surface area contributed by atoms with Crippen LogP contribution >= 0.6 is 11.6 Å². The second-order valence-corrected chi connectivity index (χ2v) is 6.26. The average molecular weight is 326 g/mol. The predicted molar refractivity (Wildman–Crippen MR) is 88.4 cm³/mol. The molecule has 0 radical (unpaired) electrons. The van der Waals surface area contributed by atoms with Gasteiger partial charge in [0.15, 0.2) is 0 Å². The number of aryl methyl sites for hydroxylation is 1. The molecular weight excluding hydrogens is 310 g/mol. The van der Waals surface area contributed by atoms with Gasteiger partial charge < -0.3 is 4.42 Å². The van der Waals surface area contributed by atoms with Gasteiger partial charge in [0.2, 0.25) is 5.89 Å². The molecule has 1 atom stereocenters. The quantitative estimate of drug-likeness (QED) is 0.653. The third-order valence-electron chi connectivity index (χ3n) is 4.28. The van der Waals surface area contributed by atoms with Gasteiger partial charge in [-0.3, -0.25) is 4.98 Å². The molecule has 0 saturated carbocycles. The molecule has 0 bridgehead atoms. The molecule has 1 aliphatic carbocycles. The van der Waals surface area contributed by atoms with Crippen molar-refractivity contribution in [2.75, 3.05) is 0 Å². The van der Waals surface area contributed by atoms with Gasteiger partial charge in [-0.15, -0.1) is 0 Å². The Kier molecular flexibility index (Phi) is 3.83. The summed E-state index contributed by atoms with van der Waals surface area (Å²) < 4.78 is 5.94. The summed E-state index contributed by atoms with van der Waals surface area (Å²) >= 11 is 6.14. The first-order valence-corrected chi connectivity index (χ1v) is 8.18. The second kappa shape index (κ2) is 6.13. The van der Waals surface area contributed by atoms with Crippen molar-refractivity contribution in [3.63, 3.8) is 0 Å². The molecule has 1 aromatic carbocycles. The number of nitrogens with zero attached hydrogens (tertiary/aromatic N) is 3. The van der Waals surface area contributed by atoms with Crippen molar-refractivity contribution in [2.24, 2.45) is 0 Å². The first kappa shape index (κ1) is 14.4. The fourth-order valence-electron chi connectivity index (χ4n) is 3.15. The van der Waals surface area contributed by atoms with Crippen LogP contribution in [0.5, 0.6) is 0 Å². The van der Waals surface area contributed by atoms with Crippen LogP contribution in [0.25, 0.3) is 11.6 Å². The van der Waals surface area contributed by atoms with Gasteiger partial charge in [0.25, 0.3) is 0 Å². The highest BCUT2D eigenvalue weighted by Crippen LogP contribution is 2.34. The summed E-state index contributed by atoms with van der Waals surface area (Å²) in [4.78, 5) is 13.0. The van der Waals surface area contributed by atoms with Crippen molar-refractivity contribution in [3.05, 3.63) is 64.9 Å². The first-order valence-electron chi connectivity index (χ1n) is 7.80. The third kappa shape index (κ3) is 2.99. The van der Waals surface area contributed by atoms with Crippen LogP contribution in [-0.4, -0.2) is 15.0 Å². The predicted octanol–water partition coefficient (Wildman–Crippen LogP) is 4.45. The number of hydrogen-bond acceptors (Lipinski definition) is 4. The maximum absolute atomic E-state index is 6.14. The smallest absolute Gasteiger partial charge is 0.247 e. The number of fused-ring (bicyclic) bond motifs is 1. The lowest BCUT2D eigenvalue weighted by molar-refractivity contribution is 0.504. The molecule has 5 heteroatoms. The summed E-state index contributed by atoms with van der Waals surface area (Å²) in [7, 11) is 0. The minimum absolute atomic E-state index is 0.426. The molecule has 2 aromatic heterocycles. The molecule has 4 nitrogen and oxygen atoms in total. The van der Waals surface area contributed by atoms with Crippen LogP contribution in [0.2, 0.25) is 5.02 Å². The van der Waals surface area contributed by atoms with Crippen LogP contribution in [0.1, 0.15) is 35.8 Å². The highest BCUT2D eigenvalue weighted by molar-refractivity contribution is 6.30. The average Bonchev–Trinajstić information content (AvgIpc) is 2.87. The molecule has 116 valence electrons. The highest BCUT2D eigenvalue weighted by atomic mass is 35.5. The number of hydrogen-bond donors (Lipinski definition) is 0. The van der Waals surface area contributed by atoms with E-state index in [4.69, 9.17) is 16.0 Å². The van der Waals surface area contributed by atoms with Gasteiger partial charge >= 0.3 is 0 Å². The van der Waals surface area contributed by atoms with E-state index in [2.05, 4.69) is 27.1 Å². The van der Waals surface area contributed by atoms with E-state index in [-0.39, 0.29) is 0 Å². The van der Waals surface area contributed by atoms with Crippen LogP contribution in [0, 0.1) is 0 Å². The zero-order valence-corrected chi connectivity index (χ0v) is 13.3. The maximum Gasteiger partial charge on any atom is 0.247 e. The summed E-state index contributed by atoms with van der Waals surface area (Å²) in [5.41, 5.74) is 2.99. The van der Waals surface area contributed by atoms with E-state index < -0.39 is 0 Å². The van der Waals surface area contributed by atoms with Crippen LogP contribution in [0.4, 0.5) is 0 Å². The summed E-state index contributed by atoms with van der Waals surface area (Å²) in [6, 6.07) is 8.12. The summed E-state index contributed by atoms with van der Waals surface area (Å²) in [5, 5.41) is 0.785. The topological polar surface area (TPSA) is 51.8 Å². The zero-order chi connectivity index (χ0) is 15.6. The summed E-state index contributed by atoms with van der Waals surface area (Å²) in [5.74, 6) is 1.97. The van der Waals surface area contributed by atoms with E-state index >= 15 is 0 Å². The van der Waals surface area contributed by atoms with Crippen LogP contribution in [-0.2, 0) is 12.8 Å². The SMILES string of the molecule is Clc1cccc(C2CCCc3oc(-c4cnccn4)nc3C2)c1. The van der Waals surface area contributed by atoms with Crippen molar-refractivity contribution in [3.8, 4) is 11.6 Å². The number of aromatic nitrogens is 3.